The number of ether oxygens (including phenoxy) is 3. The van der Waals surface area contributed by atoms with Gasteiger partial charge in [0.05, 0.1) is 37.3 Å². The lowest BCUT2D eigenvalue weighted by Gasteiger charge is -2.46. The van der Waals surface area contributed by atoms with Crippen LogP contribution in [-0.4, -0.2) is 67.7 Å². The standard InChI is InChI=1S/C24H42BrNO5/c1-6-18(3)23(5,20(7-2)19(4)26-11-9-8-10-21(26)27)22(28)31-13-12-29-15-24(14-25)16-30-17-24/h18-20H,6-17H2,1-5H3. The van der Waals surface area contributed by atoms with Gasteiger partial charge < -0.3 is 19.1 Å². The molecule has 2 aliphatic heterocycles. The quantitative estimate of drug-likeness (QED) is 0.211. The van der Waals surface area contributed by atoms with Crippen molar-refractivity contribution in [2.75, 3.05) is 44.9 Å². The lowest BCUT2D eigenvalue weighted by atomic mass is 9.64. The summed E-state index contributed by atoms with van der Waals surface area (Å²) in [4.78, 5) is 28.0. The second-order valence-corrected chi connectivity index (χ2v) is 10.3. The summed E-state index contributed by atoms with van der Waals surface area (Å²) in [5.41, 5.74) is -0.599. The van der Waals surface area contributed by atoms with Gasteiger partial charge in [0, 0.05) is 24.3 Å². The molecule has 7 heteroatoms. The first-order valence-electron chi connectivity index (χ1n) is 11.9. The first-order chi connectivity index (χ1) is 14.8. The van der Waals surface area contributed by atoms with Gasteiger partial charge in [-0.3, -0.25) is 9.59 Å². The monoisotopic (exact) mass is 503 g/mol. The molecule has 0 aromatic heterocycles. The van der Waals surface area contributed by atoms with Crippen molar-refractivity contribution in [1.82, 2.24) is 4.90 Å². The van der Waals surface area contributed by atoms with E-state index in [1.54, 1.807) is 0 Å². The van der Waals surface area contributed by atoms with Gasteiger partial charge in [-0.15, -0.1) is 0 Å². The topological polar surface area (TPSA) is 65.1 Å². The Morgan fingerprint density at radius 2 is 1.94 bits per heavy atom. The highest BCUT2D eigenvalue weighted by Gasteiger charge is 2.49. The van der Waals surface area contributed by atoms with E-state index < -0.39 is 5.41 Å². The molecule has 0 bridgehead atoms. The Balaban J connectivity index is 2.00. The van der Waals surface area contributed by atoms with E-state index in [-0.39, 0.29) is 41.8 Å². The molecule has 180 valence electrons. The van der Waals surface area contributed by atoms with Crippen molar-refractivity contribution in [2.24, 2.45) is 22.7 Å². The molecule has 4 unspecified atom stereocenters. The summed E-state index contributed by atoms with van der Waals surface area (Å²) in [6.07, 6.45) is 4.32. The number of halogens is 1. The minimum Gasteiger partial charge on any atom is -0.463 e. The number of amides is 1. The summed E-state index contributed by atoms with van der Waals surface area (Å²) in [5, 5.41) is 0.844. The van der Waals surface area contributed by atoms with Gasteiger partial charge in [-0.1, -0.05) is 49.5 Å². The summed E-state index contributed by atoms with van der Waals surface area (Å²) >= 11 is 3.53. The second-order valence-electron chi connectivity index (χ2n) is 9.71. The van der Waals surface area contributed by atoms with Crippen LogP contribution in [0.2, 0.25) is 0 Å². The highest BCUT2D eigenvalue weighted by atomic mass is 79.9. The zero-order chi connectivity index (χ0) is 23.1. The number of nitrogens with zero attached hydrogens (tertiary/aromatic N) is 1. The van der Waals surface area contributed by atoms with Crippen molar-refractivity contribution in [3.8, 4) is 0 Å². The predicted molar refractivity (Wildman–Crippen MR) is 125 cm³/mol. The molecule has 1 amide bonds. The van der Waals surface area contributed by atoms with Crippen LogP contribution >= 0.6 is 15.9 Å². The maximum Gasteiger partial charge on any atom is 0.312 e. The first kappa shape index (κ1) is 26.6. The maximum absolute atomic E-state index is 13.4. The van der Waals surface area contributed by atoms with Crippen molar-refractivity contribution < 1.29 is 23.8 Å². The van der Waals surface area contributed by atoms with E-state index >= 15 is 0 Å². The van der Waals surface area contributed by atoms with Crippen LogP contribution in [0.15, 0.2) is 0 Å². The van der Waals surface area contributed by atoms with E-state index in [0.29, 0.717) is 32.8 Å². The number of likely N-dealkylation sites (tertiary alicyclic amines) is 1. The van der Waals surface area contributed by atoms with Crippen molar-refractivity contribution in [2.45, 2.75) is 72.8 Å². The molecule has 6 nitrogen and oxygen atoms in total. The van der Waals surface area contributed by atoms with Gasteiger partial charge in [-0.05, 0) is 38.5 Å². The summed E-state index contributed by atoms with van der Waals surface area (Å²) < 4.78 is 16.9. The Labute approximate surface area is 196 Å². The number of piperidine rings is 1. The second kappa shape index (κ2) is 12.0. The number of esters is 1. The third kappa shape index (κ3) is 6.02. The Morgan fingerprint density at radius 1 is 1.23 bits per heavy atom. The van der Waals surface area contributed by atoms with E-state index in [4.69, 9.17) is 14.2 Å². The molecule has 0 aliphatic carbocycles. The smallest absolute Gasteiger partial charge is 0.312 e. The lowest BCUT2D eigenvalue weighted by Crippen LogP contribution is -2.54. The van der Waals surface area contributed by atoms with Crippen LogP contribution in [-0.2, 0) is 23.8 Å². The van der Waals surface area contributed by atoms with Gasteiger partial charge in [-0.25, -0.2) is 0 Å². The molecule has 0 saturated carbocycles. The van der Waals surface area contributed by atoms with Gasteiger partial charge in [0.15, 0.2) is 0 Å². The third-order valence-electron chi connectivity index (χ3n) is 7.69. The minimum atomic E-state index is -0.653. The molecule has 31 heavy (non-hydrogen) atoms. The fourth-order valence-electron chi connectivity index (χ4n) is 5.11. The van der Waals surface area contributed by atoms with Crippen LogP contribution in [0.4, 0.5) is 0 Å². The number of hydrogen-bond acceptors (Lipinski definition) is 5. The summed E-state index contributed by atoms with van der Waals surface area (Å²) in [6, 6.07) is 0.0120. The Morgan fingerprint density at radius 3 is 2.45 bits per heavy atom. The maximum atomic E-state index is 13.4. The number of alkyl halides is 1. The van der Waals surface area contributed by atoms with Gasteiger partial charge in [-0.2, -0.15) is 0 Å². The molecular formula is C24H42BrNO5. The van der Waals surface area contributed by atoms with E-state index in [0.717, 1.165) is 37.6 Å². The normalized spacial score (nSPS) is 23.4. The fourth-order valence-corrected chi connectivity index (χ4v) is 5.60. The Bertz CT molecular complexity index is 591. The zero-order valence-electron chi connectivity index (χ0n) is 20.1. The third-order valence-corrected chi connectivity index (χ3v) is 8.88. The molecule has 2 heterocycles. The molecule has 2 aliphatic rings. The van der Waals surface area contributed by atoms with E-state index in [1.165, 1.54) is 0 Å². The SMILES string of the molecule is CCC(C)C(C)(C(=O)OCCOCC1(CBr)COC1)C(CC)C(C)N1CCCCC1=O. The number of hydrogen-bond donors (Lipinski definition) is 0. The summed E-state index contributed by atoms with van der Waals surface area (Å²) in [5.74, 6) is 0.237. The fraction of sp³-hybridized carbons (Fsp3) is 0.917. The first-order valence-corrected chi connectivity index (χ1v) is 13.1. The Hall–Kier alpha value is -0.660. The lowest BCUT2D eigenvalue weighted by molar-refractivity contribution is -0.170. The van der Waals surface area contributed by atoms with Crippen molar-refractivity contribution >= 4 is 27.8 Å². The summed E-state index contributed by atoms with van der Waals surface area (Å²) in [7, 11) is 0. The summed E-state index contributed by atoms with van der Waals surface area (Å²) in [6.45, 7) is 13.9. The van der Waals surface area contributed by atoms with Gasteiger partial charge >= 0.3 is 5.97 Å². The molecule has 2 saturated heterocycles. The molecule has 0 radical (unpaired) electrons. The molecule has 0 aromatic carbocycles. The van der Waals surface area contributed by atoms with Crippen LogP contribution in [0.1, 0.15) is 66.7 Å². The van der Waals surface area contributed by atoms with E-state index in [1.807, 2.05) is 11.8 Å². The zero-order valence-corrected chi connectivity index (χ0v) is 21.7. The number of carbonyl (C=O) groups is 2. The Kier molecular flexibility index (Phi) is 10.3. The van der Waals surface area contributed by atoms with E-state index in [2.05, 4.69) is 43.6 Å². The predicted octanol–water partition coefficient (Wildman–Crippen LogP) is 4.44. The average molecular weight is 505 g/mol. The van der Waals surface area contributed by atoms with Crippen LogP contribution in [0, 0.1) is 22.7 Å². The molecule has 2 fully saturated rings. The van der Waals surface area contributed by atoms with Gasteiger partial charge in [0.2, 0.25) is 5.91 Å². The molecule has 0 N–H and O–H groups in total. The number of carbonyl (C=O) groups excluding carboxylic acids is 2. The van der Waals surface area contributed by atoms with Crippen LogP contribution in [0.25, 0.3) is 0 Å². The molecular weight excluding hydrogens is 462 g/mol. The average Bonchev–Trinajstić information content (AvgIpc) is 2.74. The molecule has 0 aromatic rings. The van der Waals surface area contributed by atoms with Crippen molar-refractivity contribution in [1.29, 1.82) is 0 Å². The molecule has 0 spiro atoms. The largest absolute Gasteiger partial charge is 0.463 e. The van der Waals surface area contributed by atoms with Gasteiger partial charge in [0.1, 0.15) is 6.61 Å². The van der Waals surface area contributed by atoms with Crippen molar-refractivity contribution in [3.05, 3.63) is 0 Å². The molecule has 2 rings (SSSR count). The molecule has 4 atom stereocenters. The van der Waals surface area contributed by atoms with E-state index in [9.17, 15) is 9.59 Å². The van der Waals surface area contributed by atoms with Gasteiger partial charge in [0.25, 0.3) is 0 Å². The van der Waals surface area contributed by atoms with Crippen LogP contribution < -0.4 is 0 Å². The minimum absolute atomic E-state index is 0.0120. The van der Waals surface area contributed by atoms with Crippen LogP contribution in [0.3, 0.4) is 0 Å². The highest BCUT2D eigenvalue weighted by molar-refractivity contribution is 9.09. The number of rotatable bonds is 13. The highest BCUT2D eigenvalue weighted by Crippen LogP contribution is 2.44. The van der Waals surface area contributed by atoms with Crippen molar-refractivity contribution in [3.63, 3.8) is 0 Å². The van der Waals surface area contributed by atoms with Crippen LogP contribution in [0.5, 0.6) is 0 Å².